The zero-order valence-corrected chi connectivity index (χ0v) is 18.5. The van der Waals surface area contributed by atoms with Gasteiger partial charge in [-0.15, -0.1) is 10.2 Å². The summed E-state index contributed by atoms with van der Waals surface area (Å²) >= 11 is 1.23. The molecule has 0 aliphatic carbocycles. The number of rotatable bonds is 8. The van der Waals surface area contributed by atoms with E-state index in [4.69, 9.17) is 14.2 Å². The van der Waals surface area contributed by atoms with Crippen molar-refractivity contribution in [2.75, 3.05) is 39.7 Å². The average molecular weight is 435 g/mol. The Kier molecular flexibility index (Phi) is 6.76. The van der Waals surface area contributed by atoms with Crippen LogP contribution in [0.4, 0.5) is 5.13 Å². The summed E-state index contributed by atoms with van der Waals surface area (Å²) in [6.07, 6.45) is 0.219. The lowest BCUT2D eigenvalue weighted by molar-refractivity contribution is -0.128. The predicted octanol–water partition coefficient (Wildman–Crippen LogP) is 2.67. The smallest absolute Gasteiger partial charge is 0.231 e. The molecule has 1 saturated heterocycles. The van der Waals surface area contributed by atoms with Crippen molar-refractivity contribution in [1.82, 2.24) is 15.1 Å². The van der Waals surface area contributed by atoms with Gasteiger partial charge in [0.1, 0.15) is 5.01 Å². The normalized spacial score (nSPS) is 16.1. The van der Waals surface area contributed by atoms with E-state index in [1.54, 1.807) is 17.0 Å². The van der Waals surface area contributed by atoms with Crippen LogP contribution in [0.15, 0.2) is 12.1 Å². The first kappa shape index (κ1) is 21.8. The van der Waals surface area contributed by atoms with Gasteiger partial charge in [-0.2, -0.15) is 0 Å². The second-order valence-corrected chi connectivity index (χ2v) is 8.39. The number of amides is 2. The van der Waals surface area contributed by atoms with Gasteiger partial charge in [0.15, 0.2) is 11.5 Å². The van der Waals surface area contributed by atoms with Gasteiger partial charge < -0.3 is 24.4 Å². The average Bonchev–Trinajstić information content (AvgIpc) is 3.33. The Morgan fingerprint density at radius 1 is 1.20 bits per heavy atom. The molecule has 1 N–H and O–H groups in total. The molecule has 1 aliphatic rings. The third kappa shape index (κ3) is 4.64. The van der Waals surface area contributed by atoms with Crippen molar-refractivity contribution < 1.29 is 23.8 Å². The molecule has 1 fully saturated rings. The summed E-state index contributed by atoms with van der Waals surface area (Å²) in [6, 6.07) is 3.54. The maximum atomic E-state index is 12.6. The first-order valence-corrected chi connectivity index (χ1v) is 10.4. The number of methoxy groups -OCH3 is 3. The molecule has 2 heterocycles. The summed E-state index contributed by atoms with van der Waals surface area (Å²) in [5, 5.41) is 12.0. The van der Waals surface area contributed by atoms with Gasteiger partial charge in [-0.3, -0.25) is 9.59 Å². The van der Waals surface area contributed by atoms with Crippen molar-refractivity contribution in [2.45, 2.75) is 20.3 Å². The fraction of sp³-hybridized carbons (Fsp3) is 0.500. The quantitative estimate of drug-likeness (QED) is 0.681. The number of carbonyl (C=O) groups is 2. The van der Waals surface area contributed by atoms with Crippen LogP contribution in [0.1, 0.15) is 20.3 Å². The largest absolute Gasteiger partial charge is 0.493 e. The lowest BCUT2D eigenvalue weighted by Gasteiger charge is -2.18. The summed E-state index contributed by atoms with van der Waals surface area (Å²) in [7, 11) is 4.62. The first-order chi connectivity index (χ1) is 14.4. The summed E-state index contributed by atoms with van der Waals surface area (Å²) in [5.41, 5.74) is 0.724. The van der Waals surface area contributed by atoms with Gasteiger partial charge in [-0.25, -0.2) is 0 Å². The molecule has 0 radical (unpaired) electrons. The van der Waals surface area contributed by atoms with Crippen molar-refractivity contribution in [1.29, 1.82) is 0 Å². The highest BCUT2D eigenvalue weighted by Crippen LogP contribution is 2.42. The number of hydrogen-bond donors (Lipinski definition) is 1. The van der Waals surface area contributed by atoms with Crippen LogP contribution in [0.3, 0.4) is 0 Å². The molecule has 2 aromatic rings. The molecule has 10 heteroatoms. The maximum absolute atomic E-state index is 12.6. The molecule has 9 nitrogen and oxygen atoms in total. The molecule has 30 heavy (non-hydrogen) atoms. The van der Waals surface area contributed by atoms with Crippen LogP contribution in [-0.4, -0.2) is 61.3 Å². The SMILES string of the molecule is COc1cc(-c2nnc(NC(=O)C3CC(=O)N(CC(C)C)C3)s2)cc(OC)c1OC. The third-order valence-electron chi connectivity index (χ3n) is 4.74. The molecule has 0 spiro atoms. The Hall–Kier alpha value is -2.88. The number of likely N-dealkylation sites (tertiary alicyclic amines) is 1. The molecule has 1 aliphatic heterocycles. The van der Waals surface area contributed by atoms with Crippen molar-refractivity contribution >= 4 is 28.3 Å². The van der Waals surface area contributed by atoms with Gasteiger partial charge in [-0.1, -0.05) is 25.2 Å². The minimum Gasteiger partial charge on any atom is -0.493 e. The summed E-state index contributed by atoms with van der Waals surface area (Å²) < 4.78 is 16.1. The van der Waals surface area contributed by atoms with E-state index in [1.807, 2.05) is 13.8 Å². The third-order valence-corrected chi connectivity index (χ3v) is 5.63. The van der Waals surface area contributed by atoms with Crippen LogP contribution in [0, 0.1) is 11.8 Å². The maximum Gasteiger partial charge on any atom is 0.231 e. The van der Waals surface area contributed by atoms with E-state index in [1.165, 1.54) is 32.7 Å². The van der Waals surface area contributed by atoms with E-state index >= 15 is 0 Å². The van der Waals surface area contributed by atoms with E-state index in [-0.39, 0.29) is 24.2 Å². The molecule has 0 saturated carbocycles. The van der Waals surface area contributed by atoms with Crippen LogP contribution < -0.4 is 19.5 Å². The second kappa shape index (κ2) is 9.29. The van der Waals surface area contributed by atoms with Gasteiger partial charge in [0.25, 0.3) is 0 Å². The molecular formula is C20H26N4O5S. The minimum absolute atomic E-state index is 0.0132. The van der Waals surface area contributed by atoms with Crippen molar-refractivity contribution in [3.05, 3.63) is 12.1 Å². The standard InChI is InChI=1S/C20H26N4O5S/c1-11(2)9-24-10-13(8-16(24)25)18(26)21-20-23-22-19(30-20)12-6-14(27-3)17(29-5)15(7-12)28-4/h6-7,11,13H,8-10H2,1-5H3,(H,21,23,26). The Bertz CT molecular complexity index is 905. The summed E-state index contributed by atoms with van der Waals surface area (Å²) in [6.45, 7) is 5.19. The van der Waals surface area contributed by atoms with Gasteiger partial charge >= 0.3 is 0 Å². The number of hydrogen-bond acceptors (Lipinski definition) is 8. The Morgan fingerprint density at radius 2 is 1.87 bits per heavy atom. The number of nitrogens with one attached hydrogen (secondary N) is 1. The molecule has 1 unspecified atom stereocenters. The number of carbonyl (C=O) groups excluding carboxylic acids is 2. The van der Waals surface area contributed by atoms with Crippen LogP contribution in [-0.2, 0) is 9.59 Å². The highest BCUT2D eigenvalue weighted by Gasteiger charge is 2.34. The van der Waals surface area contributed by atoms with Crippen molar-refractivity contribution in [3.63, 3.8) is 0 Å². The van der Waals surface area contributed by atoms with E-state index in [0.29, 0.717) is 46.4 Å². The van der Waals surface area contributed by atoms with Crippen LogP contribution in [0.2, 0.25) is 0 Å². The van der Waals surface area contributed by atoms with Crippen LogP contribution >= 0.6 is 11.3 Å². The number of aromatic nitrogens is 2. The lowest BCUT2D eigenvalue weighted by Crippen LogP contribution is -2.31. The zero-order valence-electron chi connectivity index (χ0n) is 17.7. The fourth-order valence-corrected chi connectivity index (χ4v) is 4.10. The number of ether oxygens (including phenoxy) is 3. The van der Waals surface area contributed by atoms with Gasteiger partial charge in [0, 0.05) is 25.1 Å². The van der Waals surface area contributed by atoms with Crippen molar-refractivity contribution in [3.8, 4) is 27.8 Å². The van der Waals surface area contributed by atoms with Gasteiger partial charge in [0.2, 0.25) is 22.7 Å². The molecule has 2 amide bonds. The molecule has 162 valence electrons. The highest BCUT2D eigenvalue weighted by molar-refractivity contribution is 7.18. The van der Waals surface area contributed by atoms with Crippen molar-refractivity contribution in [2.24, 2.45) is 11.8 Å². The highest BCUT2D eigenvalue weighted by atomic mass is 32.1. The summed E-state index contributed by atoms with van der Waals surface area (Å²) in [4.78, 5) is 26.5. The molecule has 1 atom stereocenters. The van der Waals surface area contributed by atoms with Crippen LogP contribution in [0.25, 0.3) is 10.6 Å². The molecule has 1 aromatic carbocycles. The Morgan fingerprint density at radius 3 is 2.43 bits per heavy atom. The minimum atomic E-state index is -0.384. The predicted molar refractivity (Wildman–Crippen MR) is 113 cm³/mol. The summed E-state index contributed by atoms with van der Waals surface area (Å²) in [5.74, 6) is 1.26. The fourth-order valence-electron chi connectivity index (χ4n) is 3.37. The van der Waals surface area contributed by atoms with E-state index in [9.17, 15) is 9.59 Å². The Labute approximate surface area is 179 Å². The van der Waals surface area contributed by atoms with E-state index in [0.717, 1.165) is 5.56 Å². The van der Waals surface area contributed by atoms with E-state index in [2.05, 4.69) is 15.5 Å². The second-order valence-electron chi connectivity index (χ2n) is 7.41. The zero-order chi connectivity index (χ0) is 21.8. The molecule has 3 rings (SSSR count). The number of anilines is 1. The van der Waals surface area contributed by atoms with Gasteiger partial charge in [-0.05, 0) is 18.1 Å². The number of nitrogens with zero attached hydrogens (tertiary/aromatic N) is 3. The molecular weight excluding hydrogens is 408 g/mol. The molecule has 0 bridgehead atoms. The van der Waals surface area contributed by atoms with E-state index < -0.39 is 0 Å². The Balaban J connectivity index is 1.73. The monoisotopic (exact) mass is 434 g/mol. The first-order valence-electron chi connectivity index (χ1n) is 9.58. The lowest BCUT2D eigenvalue weighted by atomic mass is 10.1. The van der Waals surface area contributed by atoms with Gasteiger partial charge in [0.05, 0.1) is 27.2 Å². The topological polar surface area (TPSA) is 103 Å². The number of benzene rings is 1. The molecule has 1 aromatic heterocycles. The van der Waals surface area contributed by atoms with Crippen LogP contribution in [0.5, 0.6) is 17.2 Å².